The first kappa shape index (κ1) is 22.4. The zero-order valence-electron chi connectivity index (χ0n) is 20.8. The van der Waals surface area contributed by atoms with E-state index >= 15 is 0 Å². The smallest absolute Gasteiger partial charge is 0.166 e. The van der Waals surface area contributed by atoms with Crippen LogP contribution in [0.3, 0.4) is 0 Å². The zero-order valence-corrected chi connectivity index (χ0v) is 21.6. The summed E-state index contributed by atoms with van der Waals surface area (Å²) < 4.78 is 7.18. The summed E-state index contributed by atoms with van der Waals surface area (Å²) in [5, 5.41) is 0. The predicted molar refractivity (Wildman–Crippen MR) is 141 cm³/mol. The molecule has 4 fully saturated rings. The van der Waals surface area contributed by atoms with Gasteiger partial charge in [0.1, 0.15) is 6.10 Å². The summed E-state index contributed by atoms with van der Waals surface area (Å²) >= 11 is 1.98. The van der Waals surface area contributed by atoms with Gasteiger partial charge in [0.2, 0.25) is 0 Å². The SMILES string of the molecule is CC1(C)[C@@H]2CC[C@@]1(CSc1ccccc1)[C@H](O[C@H]1C(=O)[C@H]3[C@@H]([C@H]1c1ccccc1)[C@@H]1C=C[C@H]3C1)C2. The van der Waals surface area contributed by atoms with Gasteiger partial charge in [-0.05, 0) is 72.5 Å². The summed E-state index contributed by atoms with van der Waals surface area (Å²) in [4.78, 5) is 15.4. The summed E-state index contributed by atoms with van der Waals surface area (Å²) in [7, 11) is 0. The second-order valence-electron chi connectivity index (χ2n) is 12.4. The molecule has 7 rings (SSSR count). The van der Waals surface area contributed by atoms with Gasteiger partial charge >= 0.3 is 0 Å². The molecule has 0 amide bonds. The van der Waals surface area contributed by atoms with E-state index in [1.807, 2.05) is 11.8 Å². The van der Waals surface area contributed by atoms with E-state index in [-0.39, 0.29) is 34.9 Å². The van der Waals surface area contributed by atoms with Crippen molar-refractivity contribution in [3.8, 4) is 0 Å². The Hall–Kier alpha value is -1.84. The predicted octanol–water partition coefficient (Wildman–Crippen LogP) is 7.16. The Labute approximate surface area is 213 Å². The van der Waals surface area contributed by atoms with Gasteiger partial charge in [0.05, 0.1) is 6.10 Å². The molecule has 0 radical (unpaired) electrons. The van der Waals surface area contributed by atoms with Crippen LogP contribution in [0.15, 0.2) is 77.7 Å². The van der Waals surface area contributed by atoms with E-state index in [9.17, 15) is 4.79 Å². The molecule has 35 heavy (non-hydrogen) atoms. The standard InChI is InChI=1S/C32H36O2S/c1-31(2)23-15-16-32(31,19-35-24-11-7-4-8-12-24)25(18-23)34-30-28(20-9-5-3-6-10-20)26-21-13-14-22(17-21)27(26)29(30)33/h3-14,21-23,25-28,30H,15-19H2,1-2H3/t21-,22+,23-,25-,26+,27-,28-,30-,32-/m1/s1. The number of carbonyl (C=O) groups is 1. The molecule has 0 heterocycles. The Morgan fingerprint density at radius 1 is 0.914 bits per heavy atom. The van der Waals surface area contributed by atoms with Crippen LogP contribution in [0.5, 0.6) is 0 Å². The number of allylic oxidation sites excluding steroid dienone is 2. The number of rotatable bonds is 6. The number of hydrogen-bond donors (Lipinski definition) is 0. The number of thioether (sulfide) groups is 1. The van der Waals surface area contributed by atoms with Crippen molar-refractivity contribution in [1.29, 1.82) is 0 Å². The third-order valence-corrected chi connectivity index (χ3v) is 12.2. The van der Waals surface area contributed by atoms with Crippen LogP contribution in [-0.4, -0.2) is 23.7 Å². The van der Waals surface area contributed by atoms with Crippen molar-refractivity contribution < 1.29 is 9.53 Å². The van der Waals surface area contributed by atoms with E-state index in [2.05, 4.69) is 86.7 Å². The first-order chi connectivity index (χ1) is 17.0. The Morgan fingerprint density at radius 2 is 1.63 bits per heavy atom. The average Bonchev–Trinajstić information content (AvgIpc) is 3.65. The van der Waals surface area contributed by atoms with Crippen molar-refractivity contribution in [2.75, 3.05) is 5.75 Å². The number of ketones is 1. The summed E-state index contributed by atoms with van der Waals surface area (Å²) in [6, 6.07) is 21.6. The Morgan fingerprint density at radius 3 is 2.37 bits per heavy atom. The summed E-state index contributed by atoms with van der Waals surface area (Å²) in [5.74, 6) is 3.87. The topological polar surface area (TPSA) is 26.3 Å². The van der Waals surface area contributed by atoms with Crippen LogP contribution in [0.4, 0.5) is 0 Å². The van der Waals surface area contributed by atoms with Crippen molar-refractivity contribution in [1.82, 2.24) is 0 Å². The van der Waals surface area contributed by atoms with E-state index in [1.54, 1.807) is 0 Å². The van der Waals surface area contributed by atoms with Gasteiger partial charge in [-0.15, -0.1) is 11.8 Å². The number of benzene rings is 2. The van der Waals surface area contributed by atoms with Crippen molar-refractivity contribution in [3.63, 3.8) is 0 Å². The number of carbonyl (C=O) groups excluding carboxylic acids is 1. The van der Waals surface area contributed by atoms with Gasteiger partial charge in [-0.1, -0.05) is 74.5 Å². The lowest BCUT2D eigenvalue weighted by Crippen LogP contribution is -2.45. The third kappa shape index (κ3) is 3.16. The third-order valence-electron chi connectivity index (χ3n) is 11.0. The van der Waals surface area contributed by atoms with Gasteiger partial charge in [-0.25, -0.2) is 0 Å². The van der Waals surface area contributed by atoms with Crippen LogP contribution < -0.4 is 0 Å². The molecule has 4 saturated carbocycles. The van der Waals surface area contributed by atoms with Gasteiger partial charge in [0.25, 0.3) is 0 Å². The van der Waals surface area contributed by atoms with Crippen LogP contribution in [-0.2, 0) is 9.53 Å². The molecule has 2 nitrogen and oxygen atoms in total. The van der Waals surface area contributed by atoms with Gasteiger partial charge in [0, 0.05) is 27.9 Å². The fraction of sp³-hybridized carbons (Fsp3) is 0.531. The number of fused-ring (bicyclic) bond motifs is 7. The number of ether oxygens (including phenoxy) is 1. The molecular weight excluding hydrogens is 448 g/mol. The fourth-order valence-electron chi connectivity index (χ4n) is 8.98. The molecular formula is C32H36O2S. The lowest BCUT2D eigenvalue weighted by Gasteiger charge is -2.43. The summed E-state index contributed by atoms with van der Waals surface area (Å²) in [6.07, 6.45) is 9.37. The summed E-state index contributed by atoms with van der Waals surface area (Å²) in [6.45, 7) is 4.95. The quantitative estimate of drug-likeness (QED) is 0.321. The monoisotopic (exact) mass is 484 g/mol. The molecule has 0 spiro atoms. The molecule has 5 aliphatic rings. The van der Waals surface area contributed by atoms with Crippen LogP contribution in [0, 0.1) is 40.4 Å². The van der Waals surface area contributed by atoms with Crippen molar-refractivity contribution in [2.24, 2.45) is 40.4 Å². The van der Waals surface area contributed by atoms with Gasteiger partial charge in [-0.2, -0.15) is 0 Å². The van der Waals surface area contributed by atoms with Crippen LogP contribution in [0.2, 0.25) is 0 Å². The molecule has 4 bridgehead atoms. The van der Waals surface area contributed by atoms with Crippen LogP contribution in [0.1, 0.15) is 51.0 Å². The molecule has 0 aromatic heterocycles. The highest BCUT2D eigenvalue weighted by molar-refractivity contribution is 7.99. The Bertz CT molecular complexity index is 1140. The lowest BCUT2D eigenvalue weighted by atomic mass is 9.69. The van der Waals surface area contributed by atoms with Crippen molar-refractivity contribution in [3.05, 3.63) is 78.4 Å². The van der Waals surface area contributed by atoms with Gasteiger partial charge in [-0.3, -0.25) is 4.79 Å². The molecule has 2 aromatic rings. The number of Topliss-reactive ketones (excluding diaryl/α,β-unsaturated/α-hetero) is 1. The van der Waals surface area contributed by atoms with Crippen LogP contribution in [0.25, 0.3) is 0 Å². The normalized spacial score (nSPS) is 42.2. The van der Waals surface area contributed by atoms with E-state index in [4.69, 9.17) is 4.74 Å². The minimum atomic E-state index is -0.295. The lowest BCUT2D eigenvalue weighted by molar-refractivity contribution is -0.142. The molecule has 0 unspecified atom stereocenters. The van der Waals surface area contributed by atoms with Gasteiger partial charge in [0.15, 0.2) is 5.78 Å². The minimum Gasteiger partial charge on any atom is -0.366 e. The van der Waals surface area contributed by atoms with Crippen LogP contribution >= 0.6 is 11.8 Å². The van der Waals surface area contributed by atoms with E-state index in [0.717, 1.165) is 18.6 Å². The number of hydrogen-bond acceptors (Lipinski definition) is 3. The average molecular weight is 485 g/mol. The maximum absolute atomic E-state index is 14.0. The largest absolute Gasteiger partial charge is 0.366 e. The first-order valence-corrected chi connectivity index (χ1v) is 14.6. The highest BCUT2D eigenvalue weighted by Gasteiger charge is 2.67. The van der Waals surface area contributed by atoms with E-state index in [1.165, 1.54) is 23.3 Å². The Kier molecular flexibility index (Phi) is 5.16. The molecule has 0 aliphatic heterocycles. The molecule has 0 N–H and O–H groups in total. The highest BCUT2D eigenvalue weighted by Crippen LogP contribution is 2.69. The van der Waals surface area contributed by atoms with Crippen molar-refractivity contribution >= 4 is 17.5 Å². The Balaban J connectivity index is 1.21. The van der Waals surface area contributed by atoms with E-state index < -0.39 is 0 Å². The summed E-state index contributed by atoms with van der Waals surface area (Å²) in [5.41, 5.74) is 1.66. The second-order valence-corrected chi connectivity index (χ2v) is 13.4. The fourth-order valence-corrected chi connectivity index (χ4v) is 10.5. The molecule has 3 heteroatoms. The van der Waals surface area contributed by atoms with E-state index in [0.29, 0.717) is 29.5 Å². The molecule has 2 aromatic carbocycles. The molecule has 182 valence electrons. The van der Waals surface area contributed by atoms with Crippen molar-refractivity contribution in [2.45, 2.75) is 62.6 Å². The molecule has 9 atom stereocenters. The molecule has 5 aliphatic carbocycles. The maximum atomic E-state index is 14.0. The zero-order chi connectivity index (χ0) is 23.8. The maximum Gasteiger partial charge on any atom is 0.166 e. The molecule has 0 saturated heterocycles. The minimum absolute atomic E-state index is 0.120. The highest BCUT2D eigenvalue weighted by atomic mass is 32.2. The first-order valence-electron chi connectivity index (χ1n) is 13.6. The second kappa shape index (κ2) is 8.08. The van der Waals surface area contributed by atoms with Gasteiger partial charge < -0.3 is 4.74 Å².